The molecule has 0 atom stereocenters. The number of carbonyl (C=O) groups excluding carboxylic acids is 2. The number of urea groups is 1. The van der Waals surface area contributed by atoms with Gasteiger partial charge in [0.2, 0.25) is 5.91 Å². The molecule has 0 unspecified atom stereocenters. The molecule has 0 aromatic rings. The first-order chi connectivity index (χ1) is 7.78. The molecule has 9 heteroatoms. The highest BCUT2D eigenvalue weighted by atomic mass is 32.2. The number of hydrogen-bond donors (Lipinski definition) is 2. The van der Waals surface area contributed by atoms with Gasteiger partial charge in [0, 0.05) is 17.6 Å². The van der Waals surface area contributed by atoms with Crippen LogP contribution in [-0.2, 0) is 4.79 Å². The molecule has 0 radical (unpaired) electrons. The highest BCUT2D eigenvalue weighted by Gasteiger charge is 2.30. The Kier molecular flexibility index (Phi) is 4.27. The maximum Gasteiger partial charge on any atom is 0.390 e. The highest BCUT2D eigenvalue weighted by molar-refractivity contribution is 8.00. The van der Waals surface area contributed by atoms with E-state index in [-0.39, 0.29) is 12.1 Å². The van der Waals surface area contributed by atoms with E-state index in [1.807, 2.05) is 0 Å². The van der Waals surface area contributed by atoms with Gasteiger partial charge in [0.05, 0.1) is 12.8 Å². The molecule has 3 N–H and O–H groups in total. The Morgan fingerprint density at radius 1 is 1.53 bits per heavy atom. The van der Waals surface area contributed by atoms with Crippen LogP contribution in [0.4, 0.5) is 18.0 Å². The summed E-state index contributed by atoms with van der Waals surface area (Å²) >= 11 is 0.814. The zero-order valence-corrected chi connectivity index (χ0v) is 9.40. The second-order valence-electron chi connectivity index (χ2n) is 3.29. The summed E-state index contributed by atoms with van der Waals surface area (Å²) < 4.78 is 36.8. The number of hydrogen-bond acceptors (Lipinski definition) is 3. The molecule has 0 aromatic carbocycles. The van der Waals surface area contributed by atoms with Crippen LogP contribution in [0, 0.1) is 0 Å². The third kappa shape index (κ3) is 4.98. The van der Waals surface area contributed by atoms with Gasteiger partial charge in [-0.15, -0.1) is 0 Å². The van der Waals surface area contributed by atoms with E-state index in [1.165, 1.54) is 5.41 Å². The van der Waals surface area contributed by atoms with Crippen LogP contribution < -0.4 is 11.1 Å². The fourth-order valence-corrected chi connectivity index (χ4v) is 1.80. The fourth-order valence-electron chi connectivity index (χ4n) is 1.06. The first-order valence-corrected chi connectivity index (χ1v) is 5.41. The molecular formula is C8H10F3N3O2S. The van der Waals surface area contributed by atoms with Crippen LogP contribution in [0.1, 0.15) is 12.8 Å². The number of amides is 3. The average molecular weight is 269 g/mol. The minimum atomic E-state index is -4.31. The lowest BCUT2D eigenvalue weighted by molar-refractivity contribution is -0.134. The number of rotatable bonds is 4. The van der Waals surface area contributed by atoms with E-state index in [9.17, 15) is 22.8 Å². The molecule has 3 amide bonds. The summed E-state index contributed by atoms with van der Waals surface area (Å²) in [5.74, 6) is -0.624. The van der Waals surface area contributed by atoms with Crippen molar-refractivity contribution in [2.45, 2.75) is 19.0 Å². The molecule has 96 valence electrons. The van der Waals surface area contributed by atoms with Crippen molar-refractivity contribution in [1.29, 1.82) is 0 Å². The van der Waals surface area contributed by atoms with Crippen LogP contribution in [0.25, 0.3) is 0 Å². The van der Waals surface area contributed by atoms with Gasteiger partial charge in [-0.2, -0.15) is 13.2 Å². The minimum Gasteiger partial charge on any atom is -0.369 e. The summed E-state index contributed by atoms with van der Waals surface area (Å²) in [5.41, 5.74) is 5.20. The van der Waals surface area contributed by atoms with Crippen molar-refractivity contribution in [3.63, 3.8) is 0 Å². The predicted molar refractivity (Wildman–Crippen MR) is 55.4 cm³/mol. The third-order valence-electron chi connectivity index (χ3n) is 1.78. The van der Waals surface area contributed by atoms with Crippen molar-refractivity contribution in [3.05, 3.63) is 11.1 Å². The zero-order valence-electron chi connectivity index (χ0n) is 8.58. The molecule has 5 nitrogen and oxygen atoms in total. The quantitative estimate of drug-likeness (QED) is 0.756. The molecule has 1 rings (SSSR count). The second-order valence-corrected chi connectivity index (χ2v) is 4.18. The molecule has 0 aliphatic carbocycles. The van der Waals surface area contributed by atoms with Crippen molar-refractivity contribution in [2.24, 2.45) is 5.73 Å². The SMILES string of the molecule is NC(=O)CC1=CSN(CCC(F)(F)F)C(=O)N1. The van der Waals surface area contributed by atoms with Crippen LogP contribution >= 0.6 is 11.9 Å². The number of alkyl halides is 3. The molecule has 1 aliphatic heterocycles. The zero-order chi connectivity index (χ0) is 13.1. The fraction of sp³-hybridized carbons (Fsp3) is 0.500. The topological polar surface area (TPSA) is 75.4 Å². The van der Waals surface area contributed by atoms with Gasteiger partial charge in [0.15, 0.2) is 0 Å². The third-order valence-corrected chi connectivity index (χ3v) is 2.77. The van der Waals surface area contributed by atoms with E-state index in [1.54, 1.807) is 0 Å². The largest absolute Gasteiger partial charge is 0.390 e. The molecule has 0 spiro atoms. The normalized spacial score (nSPS) is 16.5. The Morgan fingerprint density at radius 2 is 2.18 bits per heavy atom. The van der Waals surface area contributed by atoms with Crippen LogP contribution in [0.5, 0.6) is 0 Å². The summed E-state index contributed by atoms with van der Waals surface area (Å²) in [6.45, 7) is -0.444. The molecule has 0 aromatic heterocycles. The molecule has 0 saturated heterocycles. The summed E-state index contributed by atoms with van der Waals surface area (Å²) in [6.07, 6.45) is -5.53. The van der Waals surface area contributed by atoms with Gasteiger partial charge in [0.25, 0.3) is 0 Å². The van der Waals surface area contributed by atoms with Gasteiger partial charge < -0.3 is 11.1 Å². The number of nitrogens with two attached hydrogens (primary N) is 1. The van der Waals surface area contributed by atoms with Gasteiger partial charge in [-0.05, 0) is 11.9 Å². The second kappa shape index (κ2) is 5.30. The van der Waals surface area contributed by atoms with E-state index < -0.39 is 31.1 Å². The molecule has 0 fully saturated rings. The summed E-state index contributed by atoms with van der Waals surface area (Å²) in [7, 11) is 0. The van der Waals surface area contributed by atoms with Crippen molar-refractivity contribution in [2.75, 3.05) is 6.54 Å². The summed E-state index contributed by atoms with van der Waals surface area (Å²) in [5, 5.41) is 3.68. The van der Waals surface area contributed by atoms with E-state index in [0.717, 1.165) is 16.3 Å². The predicted octanol–water partition coefficient (Wildman–Crippen LogP) is 1.33. The molecule has 1 heterocycles. The molecule has 0 saturated carbocycles. The van der Waals surface area contributed by atoms with Crippen molar-refractivity contribution in [1.82, 2.24) is 9.62 Å². The molecule has 17 heavy (non-hydrogen) atoms. The Hall–Kier alpha value is -1.38. The smallest absolute Gasteiger partial charge is 0.369 e. The Labute approximate surface area is 99.3 Å². The van der Waals surface area contributed by atoms with Gasteiger partial charge in [0.1, 0.15) is 0 Å². The lowest BCUT2D eigenvalue weighted by Gasteiger charge is -2.25. The number of carbonyl (C=O) groups is 2. The summed E-state index contributed by atoms with van der Waals surface area (Å²) in [4.78, 5) is 21.9. The maximum atomic E-state index is 11.9. The minimum absolute atomic E-state index is 0.147. The van der Waals surface area contributed by atoms with E-state index >= 15 is 0 Å². The van der Waals surface area contributed by atoms with Crippen molar-refractivity contribution >= 4 is 23.9 Å². The van der Waals surface area contributed by atoms with Crippen LogP contribution in [0.2, 0.25) is 0 Å². The maximum absolute atomic E-state index is 11.9. The summed E-state index contributed by atoms with van der Waals surface area (Å²) in [6, 6.07) is -0.682. The van der Waals surface area contributed by atoms with Crippen molar-refractivity contribution in [3.8, 4) is 0 Å². The van der Waals surface area contributed by atoms with Crippen LogP contribution in [-0.4, -0.2) is 29.0 Å². The van der Waals surface area contributed by atoms with E-state index in [4.69, 9.17) is 5.73 Å². The van der Waals surface area contributed by atoms with Gasteiger partial charge in [-0.3, -0.25) is 9.10 Å². The average Bonchev–Trinajstić information content (AvgIpc) is 2.13. The Bertz CT molecular complexity index is 356. The van der Waals surface area contributed by atoms with Crippen LogP contribution in [0.3, 0.4) is 0 Å². The standard InChI is InChI=1S/C8H10F3N3O2S/c9-8(10,11)1-2-14-7(16)13-5(4-17-14)3-6(12)15/h4H,1-3H2,(H2,12,15)(H,13,16). The first kappa shape index (κ1) is 13.7. The monoisotopic (exact) mass is 269 g/mol. The highest BCUT2D eigenvalue weighted by Crippen LogP contribution is 2.25. The number of nitrogens with zero attached hydrogens (tertiary/aromatic N) is 1. The van der Waals surface area contributed by atoms with Gasteiger partial charge >= 0.3 is 12.2 Å². The Morgan fingerprint density at radius 3 is 2.65 bits per heavy atom. The van der Waals surface area contributed by atoms with Gasteiger partial charge in [-0.25, -0.2) is 4.79 Å². The number of halogens is 3. The molecule has 0 bridgehead atoms. The number of nitrogens with one attached hydrogen (secondary N) is 1. The van der Waals surface area contributed by atoms with E-state index in [2.05, 4.69) is 5.32 Å². The first-order valence-electron chi connectivity index (χ1n) is 4.57. The Balaban J connectivity index is 2.49. The molecule has 1 aliphatic rings. The lowest BCUT2D eigenvalue weighted by atomic mass is 10.3. The van der Waals surface area contributed by atoms with Crippen molar-refractivity contribution < 1.29 is 22.8 Å². The van der Waals surface area contributed by atoms with Gasteiger partial charge in [-0.1, -0.05) is 0 Å². The van der Waals surface area contributed by atoms with E-state index in [0.29, 0.717) is 0 Å². The van der Waals surface area contributed by atoms with Crippen LogP contribution in [0.15, 0.2) is 11.1 Å². The molecular weight excluding hydrogens is 259 g/mol. The lowest BCUT2D eigenvalue weighted by Crippen LogP contribution is -2.40. The number of primary amides is 1.